The van der Waals surface area contributed by atoms with E-state index in [4.69, 9.17) is 4.42 Å². The zero-order valence-electron chi connectivity index (χ0n) is 13.2. The van der Waals surface area contributed by atoms with Crippen molar-refractivity contribution < 1.29 is 18.8 Å². The molecule has 8 heteroatoms. The molecule has 1 aromatic heterocycles. The van der Waals surface area contributed by atoms with E-state index in [0.29, 0.717) is 38.5 Å². The molecule has 2 N–H and O–H groups in total. The Morgan fingerprint density at radius 2 is 1.87 bits per heavy atom. The van der Waals surface area contributed by atoms with Crippen molar-refractivity contribution >= 4 is 17.7 Å². The monoisotopic (exact) mass is 322 g/mol. The second kappa shape index (κ2) is 8.33. The number of nitrogens with zero attached hydrogens (tertiary/aromatic N) is 2. The van der Waals surface area contributed by atoms with Crippen LogP contribution >= 0.6 is 0 Å². The highest BCUT2D eigenvalue weighted by atomic mass is 16.3. The predicted molar refractivity (Wildman–Crippen MR) is 82.7 cm³/mol. The lowest BCUT2D eigenvalue weighted by atomic mass is 10.3. The highest BCUT2D eigenvalue weighted by Gasteiger charge is 2.24. The molecule has 1 aliphatic rings. The van der Waals surface area contributed by atoms with Crippen LogP contribution in [-0.4, -0.2) is 73.3 Å². The lowest BCUT2D eigenvalue weighted by Crippen LogP contribution is -2.51. The van der Waals surface area contributed by atoms with Gasteiger partial charge in [-0.1, -0.05) is 0 Å². The quantitative estimate of drug-likeness (QED) is 0.721. The zero-order valence-corrected chi connectivity index (χ0v) is 13.2. The average Bonchev–Trinajstić information content (AvgIpc) is 3.08. The summed E-state index contributed by atoms with van der Waals surface area (Å²) in [5.74, 6) is -0.190. The van der Waals surface area contributed by atoms with E-state index in [1.54, 1.807) is 17.0 Å². The molecule has 0 aromatic carbocycles. The van der Waals surface area contributed by atoms with E-state index in [1.165, 1.54) is 6.26 Å². The van der Waals surface area contributed by atoms with Gasteiger partial charge in [-0.15, -0.1) is 0 Å². The Balaban J connectivity index is 1.69. The van der Waals surface area contributed by atoms with Gasteiger partial charge in [-0.25, -0.2) is 0 Å². The molecule has 3 amide bonds. The number of piperazine rings is 1. The van der Waals surface area contributed by atoms with E-state index in [1.807, 2.05) is 11.8 Å². The van der Waals surface area contributed by atoms with Crippen LogP contribution in [0.25, 0.3) is 0 Å². The summed E-state index contributed by atoms with van der Waals surface area (Å²) >= 11 is 0. The van der Waals surface area contributed by atoms with Crippen molar-refractivity contribution in [3.8, 4) is 0 Å². The van der Waals surface area contributed by atoms with Gasteiger partial charge in [-0.2, -0.15) is 0 Å². The topological polar surface area (TPSA) is 94.9 Å². The molecule has 0 atom stereocenters. The number of amides is 3. The summed E-state index contributed by atoms with van der Waals surface area (Å²) in [6.45, 7) is 4.89. The molecule has 0 aliphatic carbocycles. The molecule has 1 saturated heterocycles. The number of carbonyl (C=O) groups excluding carboxylic acids is 3. The first-order valence-electron chi connectivity index (χ1n) is 7.68. The first kappa shape index (κ1) is 17.0. The number of rotatable bonds is 6. The van der Waals surface area contributed by atoms with Crippen LogP contribution in [0, 0.1) is 0 Å². The van der Waals surface area contributed by atoms with E-state index in [2.05, 4.69) is 10.6 Å². The molecule has 0 bridgehead atoms. The lowest BCUT2D eigenvalue weighted by Gasteiger charge is -2.33. The summed E-state index contributed by atoms with van der Waals surface area (Å²) in [4.78, 5) is 38.9. The zero-order chi connectivity index (χ0) is 16.7. The fourth-order valence-electron chi connectivity index (χ4n) is 2.36. The molecule has 1 fully saturated rings. The molecular weight excluding hydrogens is 300 g/mol. The minimum atomic E-state index is -0.199. The van der Waals surface area contributed by atoms with E-state index in [0.717, 1.165) is 0 Å². The van der Waals surface area contributed by atoms with Crippen LogP contribution in [0.4, 0.5) is 0 Å². The highest BCUT2D eigenvalue weighted by Crippen LogP contribution is 2.09. The van der Waals surface area contributed by atoms with Crippen molar-refractivity contribution in [3.63, 3.8) is 0 Å². The van der Waals surface area contributed by atoms with Crippen molar-refractivity contribution in [2.45, 2.75) is 6.92 Å². The van der Waals surface area contributed by atoms with E-state index >= 15 is 0 Å². The summed E-state index contributed by atoms with van der Waals surface area (Å²) in [7, 11) is 0. The summed E-state index contributed by atoms with van der Waals surface area (Å²) in [6, 6.07) is 3.33. The van der Waals surface area contributed by atoms with Gasteiger partial charge in [-0.05, 0) is 19.1 Å². The van der Waals surface area contributed by atoms with Crippen molar-refractivity contribution in [1.82, 2.24) is 20.4 Å². The van der Waals surface area contributed by atoms with Crippen LogP contribution in [-0.2, 0) is 9.59 Å². The first-order chi connectivity index (χ1) is 11.1. The van der Waals surface area contributed by atoms with Crippen LogP contribution < -0.4 is 10.6 Å². The molecule has 0 spiro atoms. The first-order valence-corrected chi connectivity index (χ1v) is 7.68. The molecule has 126 valence electrons. The van der Waals surface area contributed by atoms with Gasteiger partial charge in [0.1, 0.15) is 0 Å². The van der Waals surface area contributed by atoms with Gasteiger partial charge < -0.3 is 20.0 Å². The molecule has 1 aromatic rings. The molecule has 2 heterocycles. The van der Waals surface area contributed by atoms with E-state index in [-0.39, 0.29) is 30.8 Å². The maximum atomic E-state index is 12.1. The van der Waals surface area contributed by atoms with Crippen molar-refractivity contribution in [2.24, 2.45) is 0 Å². The van der Waals surface area contributed by atoms with Crippen molar-refractivity contribution in [3.05, 3.63) is 24.2 Å². The Hall–Kier alpha value is -2.35. The lowest BCUT2D eigenvalue weighted by molar-refractivity contribution is -0.126. The standard InChI is InChI=1S/C15H22N4O4/c1-2-16-13(20)10-17-14(21)11-18-5-7-19(8-6-18)15(22)12-4-3-9-23-12/h3-4,9H,2,5-8,10-11H2,1H3,(H,16,20)(H,17,21). The maximum Gasteiger partial charge on any atom is 0.289 e. The fourth-order valence-corrected chi connectivity index (χ4v) is 2.36. The molecule has 1 aliphatic heterocycles. The fraction of sp³-hybridized carbons (Fsp3) is 0.533. The average molecular weight is 322 g/mol. The largest absolute Gasteiger partial charge is 0.459 e. The molecule has 0 unspecified atom stereocenters. The minimum absolute atomic E-state index is 0.0103. The second-order valence-corrected chi connectivity index (χ2v) is 5.28. The highest BCUT2D eigenvalue weighted by molar-refractivity contribution is 5.91. The Morgan fingerprint density at radius 1 is 1.13 bits per heavy atom. The van der Waals surface area contributed by atoms with Gasteiger partial charge in [0.05, 0.1) is 19.4 Å². The molecule has 23 heavy (non-hydrogen) atoms. The number of carbonyl (C=O) groups is 3. The second-order valence-electron chi connectivity index (χ2n) is 5.28. The van der Waals surface area contributed by atoms with Gasteiger partial charge in [0.25, 0.3) is 5.91 Å². The summed E-state index contributed by atoms with van der Waals surface area (Å²) in [5.41, 5.74) is 0. The predicted octanol–water partition coefficient (Wildman–Crippen LogP) is -0.710. The van der Waals surface area contributed by atoms with Crippen molar-refractivity contribution in [1.29, 1.82) is 0 Å². The van der Waals surface area contributed by atoms with Crippen LogP contribution in [0.2, 0.25) is 0 Å². The summed E-state index contributed by atoms with van der Waals surface area (Å²) in [6.07, 6.45) is 1.47. The number of hydrogen-bond acceptors (Lipinski definition) is 5. The van der Waals surface area contributed by atoms with Gasteiger partial charge in [-0.3, -0.25) is 19.3 Å². The number of furan rings is 1. The summed E-state index contributed by atoms with van der Waals surface area (Å²) in [5, 5.41) is 5.20. The molecule has 2 rings (SSSR count). The van der Waals surface area contributed by atoms with Gasteiger partial charge in [0, 0.05) is 32.7 Å². The Morgan fingerprint density at radius 3 is 2.48 bits per heavy atom. The van der Waals surface area contributed by atoms with E-state index < -0.39 is 0 Å². The Labute approximate surface area is 134 Å². The molecule has 0 radical (unpaired) electrons. The smallest absolute Gasteiger partial charge is 0.289 e. The summed E-state index contributed by atoms with van der Waals surface area (Å²) < 4.78 is 5.11. The third kappa shape index (κ3) is 5.10. The van der Waals surface area contributed by atoms with Crippen LogP contribution in [0.3, 0.4) is 0 Å². The third-order valence-electron chi connectivity index (χ3n) is 3.58. The van der Waals surface area contributed by atoms with Gasteiger partial charge in [0.2, 0.25) is 11.8 Å². The van der Waals surface area contributed by atoms with Crippen LogP contribution in [0.15, 0.2) is 22.8 Å². The molecule has 0 saturated carbocycles. The van der Waals surface area contributed by atoms with Crippen molar-refractivity contribution in [2.75, 3.05) is 45.8 Å². The SMILES string of the molecule is CCNC(=O)CNC(=O)CN1CCN(C(=O)c2ccco2)CC1. The van der Waals surface area contributed by atoms with E-state index in [9.17, 15) is 14.4 Å². The third-order valence-corrected chi connectivity index (χ3v) is 3.58. The number of likely N-dealkylation sites (N-methyl/N-ethyl adjacent to an activating group) is 1. The minimum Gasteiger partial charge on any atom is -0.459 e. The van der Waals surface area contributed by atoms with Crippen LogP contribution in [0.5, 0.6) is 0 Å². The Bertz CT molecular complexity index is 536. The van der Waals surface area contributed by atoms with Gasteiger partial charge >= 0.3 is 0 Å². The maximum absolute atomic E-state index is 12.1. The van der Waals surface area contributed by atoms with Crippen LogP contribution in [0.1, 0.15) is 17.5 Å². The molecule has 8 nitrogen and oxygen atoms in total. The number of hydrogen-bond donors (Lipinski definition) is 2. The number of nitrogens with one attached hydrogen (secondary N) is 2. The molecular formula is C15H22N4O4. The normalized spacial score (nSPS) is 15.3. The Kier molecular flexibility index (Phi) is 6.16. The van der Waals surface area contributed by atoms with Gasteiger partial charge in [0.15, 0.2) is 5.76 Å².